The summed E-state index contributed by atoms with van der Waals surface area (Å²) in [7, 11) is -3.81. The Morgan fingerprint density at radius 1 is 1.18 bits per heavy atom. The van der Waals surface area contributed by atoms with Crippen LogP contribution >= 0.6 is 0 Å². The number of fused-ring (bicyclic) bond motifs is 1. The van der Waals surface area contributed by atoms with Gasteiger partial charge in [-0.3, -0.25) is 14.4 Å². The zero-order valence-corrected chi connectivity index (χ0v) is 12.7. The number of non-ortho nitro benzene ring substituents is 1. The van der Waals surface area contributed by atoms with Crippen molar-refractivity contribution in [3.8, 4) is 0 Å². The zero-order valence-electron chi connectivity index (χ0n) is 11.8. The van der Waals surface area contributed by atoms with Gasteiger partial charge in [-0.1, -0.05) is 31.2 Å². The van der Waals surface area contributed by atoms with E-state index in [4.69, 9.17) is 0 Å². The second kappa shape index (κ2) is 5.10. The van der Waals surface area contributed by atoms with Gasteiger partial charge in [0, 0.05) is 24.6 Å². The van der Waals surface area contributed by atoms with Crippen molar-refractivity contribution in [3.63, 3.8) is 0 Å². The second-order valence-corrected chi connectivity index (χ2v) is 7.11. The van der Waals surface area contributed by atoms with Gasteiger partial charge in [-0.25, -0.2) is 8.42 Å². The Kier molecular flexibility index (Phi) is 3.37. The lowest BCUT2D eigenvalue weighted by Gasteiger charge is -2.19. The third-order valence-electron chi connectivity index (χ3n) is 3.79. The Morgan fingerprint density at radius 2 is 1.91 bits per heavy atom. The summed E-state index contributed by atoms with van der Waals surface area (Å²) in [5, 5.41) is 10.8. The Bertz CT molecular complexity index is 848. The summed E-state index contributed by atoms with van der Waals surface area (Å²) in [6, 6.07) is 12.5. The fraction of sp³-hybridized carbons (Fsp3) is 0.200. The van der Waals surface area contributed by atoms with Crippen molar-refractivity contribution in [2.45, 2.75) is 17.7 Å². The molecule has 1 heterocycles. The van der Waals surface area contributed by atoms with Crippen molar-refractivity contribution in [3.05, 3.63) is 64.2 Å². The van der Waals surface area contributed by atoms with Crippen LogP contribution in [0.2, 0.25) is 0 Å². The highest BCUT2D eigenvalue weighted by Crippen LogP contribution is 2.39. The van der Waals surface area contributed by atoms with Gasteiger partial charge in [-0.15, -0.1) is 0 Å². The number of nitro groups is 1. The number of nitrogens with zero attached hydrogens (tertiary/aromatic N) is 2. The molecule has 0 amide bonds. The molecule has 1 unspecified atom stereocenters. The molecule has 2 aromatic rings. The minimum absolute atomic E-state index is 0.0643. The maximum Gasteiger partial charge on any atom is 0.270 e. The van der Waals surface area contributed by atoms with E-state index in [0.717, 1.165) is 11.6 Å². The molecular formula is C15H14N2O4S. The molecule has 0 aliphatic carbocycles. The lowest BCUT2D eigenvalue weighted by atomic mass is 10.0. The molecule has 1 atom stereocenters. The van der Waals surface area contributed by atoms with Crippen molar-refractivity contribution in [1.82, 2.24) is 0 Å². The van der Waals surface area contributed by atoms with Crippen LogP contribution in [0.3, 0.4) is 0 Å². The highest BCUT2D eigenvalue weighted by atomic mass is 32.2. The minimum Gasteiger partial charge on any atom is -0.265 e. The first-order valence-electron chi connectivity index (χ1n) is 6.77. The molecule has 0 saturated carbocycles. The van der Waals surface area contributed by atoms with E-state index >= 15 is 0 Å². The summed E-state index contributed by atoms with van der Waals surface area (Å²) in [6.07, 6.45) is 0. The molecule has 3 rings (SSSR count). The highest BCUT2D eigenvalue weighted by molar-refractivity contribution is 7.92. The first-order valence-corrected chi connectivity index (χ1v) is 8.21. The van der Waals surface area contributed by atoms with E-state index in [2.05, 4.69) is 0 Å². The number of sulfonamides is 1. The topological polar surface area (TPSA) is 80.5 Å². The molecule has 1 aliphatic rings. The highest BCUT2D eigenvalue weighted by Gasteiger charge is 2.34. The number of benzene rings is 2. The van der Waals surface area contributed by atoms with Crippen LogP contribution in [0.5, 0.6) is 0 Å². The van der Waals surface area contributed by atoms with Gasteiger partial charge >= 0.3 is 0 Å². The minimum atomic E-state index is -3.81. The fourth-order valence-electron chi connectivity index (χ4n) is 2.69. The van der Waals surface area contributed by atoms with Gasteiger partial charge in [0.2, 0.25) is 0 Å². The fourth-order valence-corrected chi connectivity index (χ4v) is 4.31. The maximum atomic E-state index is 12.8. The monoisotopic (exact) mass is 318 g/mol. The van der Waals surface area contributed by atoms with Gasteiger partial charge in [0.05, 0.1) is 15.5 Å². The molecule has 1 aliphatic heterocycles. The maximum absolute atomic E-state index is 12.8. The smallest absolute Gasteiger partial charge is 0.265 e. The van der Waals surface area contributed by atoms with Crippen molar-refractivity contribution in [1.29, 1.82) is 0 Å². The van der Waals surface area contributed by atoms with Gasteiger partial charge in [-0.05, 0) is 17.7 Å². The summed E-state index contributed by atoms with van der Waals surface area (Å²) in [6.45, 7) is 2.30. The standard InChI is InChI=1S/C15H14N2O4S/c1-11-10-16(15-8-3-2-7-14(11)15)22(20,21)13-6-4-5-12(9-13)17(18)19/h2-9,11H,10H2,1H3. The average molecular weight is 318 g/mol. The molecule has 0 radical (unpaired) electrons. The number of hydrogen-bond acceptors (Lipinski definition) is 4. The van der Waals surface area contributed by atoms with Gasteiger partial charge in [0.1, 0.15) is 0 Å². The average Bonchev–Trinajstić information content (AvgIpc) is 2.86. The quantitative estimate of drug-likeness (QED) is 0.643. The van der Waals surface area contributed by atoms with Gasteiger partial charge in [0.25, 0.3) is 15.7 Å². The van der Waals surface area contributed by atoms with Crippen LogP contribution in [0.1, 0.15) is 18.4 Å². The largest absolute Gasteiger partial charge is 0.270 e. The van der Waals surface area contributed by atoms with Crippen LogP contribution in [0.4, 0.5) is 11.4 Å². The molecular weight excluding hydrogens is 304 g/mol. The van der Waals surface area contributed by atoms with Crippen LogP contribution in [0.15, 0.2) is 53.4 Å². The Morgan fingerprint density at radius 3 is 2.64 bits per heavy atom. The Balaban J connectivity index is 2.09. The molecule has 114 valence electrons. The van der Waals surface area contributed by atoms with E-state index in [1.807, 2.05) is 19.1 Å². The number of para-hydroxylation sites is 1. The van der Waals surface area contributed by atoms with E-state index in [1.54, 1.807) is 12.1 Å². The molecule has 0 bridgehead atoms. The van der Waals surface area contributed by atoms with E-state index in [0.29, 0.717) is 12.2 Å². The van der Waals surface area contributed by atoms with E-state index in [9.17, 15) is 18.5 Å². The van der Waals surface area contributed by atoms with E-state index < -0.39 is 14.9 Å². The van der Waals surface area contributed by atoms with Crippen molar-refractivity contribution in [2.24, 2.45) is 0 Å². The lowest BCUT2D eigenvalue weighted by molar-refractivity contribution is -0.385. The summed E-state index contributed by atoms with van der Waals surface area (Å²) < 4.78 is 27.0. The van der Waals surface area contributed by atoms with Crippen molar-refractivity contribution in [2.75, 3.05) is 10.8 Å². The first kappa shape index (κ1) is 14.5. The number of nitro benzene ring substituents is 1. The van der Waals surface area contributed by atoms with Gasteiger partial charge in [0.15, 0.2) is 0 Å². The molecule has 22 heavy (non-hydrogen) atoms. The van der Waals surface area contributed by atoms with Crippen molar-refractivity contribution >= 4 is 21.4 Å². The molecule has 0 saturated heterocycles. The third-order valence-corrected chi connectivity index (χ3v) is 5.57. The SMILES string of the molecule is CC1CN(S(=O)(=O)c2cccc([N+](=O)[O-])c2)c2ccccc21. The number of hydrogen-bond donors (Lipinski definition) is 0. The third kappa shape index (κ3) is 2.23. The molecule has 0 fully saturated rings. The van der Waals surface area contributed by atoms with Crippen LogP contribution in [0.25, 0.3) is 0 Å². The molecule has 0 aromatic heterocycles. The normalized spacial score (nSPS) is 17.3. The van der Waals surface area contributed by atoms with E-state index in [-0.39, 0.29) is 16.5 Å². The molecule has 2 aromatic carbocycles. The van der Waals surface area contributed by atoms with Gasteiger partial charge < -0.3 is 0 Å². The van der Waals surface area contributed by atoms with Crippen LogP contribution < -0.4 is 4.31 Å². The van der Waals surface area contributed by atoms with Crippen LogP contribution in [0, 0.1) is 10.1 Å². The predicted molar refractivity (Wildman–Crippen MR) is 82.5 cm³/mol. The molecule has 0 N–H and O–H groups in total. The zero-order chi connectivity index (χ0) is 15.9. The lowest BCUT2D eigenvalue weighted by Crippen LogP contribution is -2.29. The molecule has 7 heteroatoms. The molecule has 6 nitrogen and oxygen atoms in total. The second-order valence-electron chi connectivity index (χ2n) is 5.25. The van der Waals surface area contributed by atoms with Crippen molar-refractivity contribution < 1.29 is 13.3 Å². The summed E-state index contributed by atoms with van der Waals surface area (Å²) in [5.74, 6) is 0.0877. The summed E-state index contributed by atoms with van der Waals surface area (Å²) in [5.41, 5.74) is 1.37. The van der Waals surface area contributed by atoms with Crippen LogP contribution in [-0.4, -0.2) is 19.9 Å². The summed E-state index contributed by atoms with van der Waals surface area (Å²) >= 11 is 0. The van der Waals surface area contributed by atoms with E-state index in [1.165, 1.54) is 22.5 Å². The Labute approximate surface area is 128 Å². The summed E-state index contributed by atoms with van der Waals surface area (Å²) in [4.78, 5) is 10.2. The number of rotatable bonds is 3. The Hall–Kier alpha value is -2.41. The van der Waals surface area contributed by atoms with Gasteiger partial charge in [-0.2, -0.15) is 0 Å². The molecule has 0 spiro atoms. The number of anilines is 1. The van der Waals surface area contributed by atoms with Crippen LogP contribution in [-0.2, 0) is 10.0 Å². The predicted octanol–water partition coefficient (Wildman–Crippen LogP) is 2.91. The first-order chi connectivity index (χ1) is 10.4.